The summed E-state index contributed by atoms with van der Waals surface area (Å²) in [6, 6.07) is 22.0. The molecule has 0 spiro atoms. The van der Waals surface area contributed by atoms with Crippen molar-refractivity contribution in [3.63, 3.8) is 0 Å². The Labute approximate surface area is 309 Å². The molecule has 12 nitrogen and oxygen atoms in total. The topological polar surface area (TPSA) is 174 Å². The van der Waals surface area contributed by atoms with Crippen LogP contribution >= 0.6 is 0 Å². The van der Waals surface area contributed by atoms with Gasteiger partial charge in [0.05, 0.1) is 30.6 Å². The van der Waals surface area contributed by atoms with E-state index in [1.807, 2.05) is 0 Å². The number of esters is 1. The normalized spacial score (nSPS) is 11.6. The van der Waals surface area contributed by atoms with Crippen molar-refractivity contribution in [3.05, 3.63) is 113 Å². The van der Waals surface area contributed by atoms with Gasteiger partial charge in [-0.25, -0.2) is 18.0 Å². The van der Waals surface area contributed by atoms with Crippen molar-refractivity contribution in [1.82, 2.24) is 5.32 Å². The second kappa shape index (κ2) is 19.2. The maximum atomic E-state index is 13.0. The Morgan fingerprint density at radius 3 is 2.15 bits per heavy atom. The smallest absolute Gasteiger partial charge is 0.343 e. The first-order valence-electron chi connectivity index (χ1n) is 17.2. The second-order valence-electron chi connectivity index (χ2n) is 12.5. The van der Waals surface area contributed by atoms with Gasteiger partial charge in [-0.15, -0.1) is 0 Å². The van der Waals surface area contributed by atoms with E-state index in [0.717, 1.165) is 19.1 Å². The molecule has 1 unspecified atom stereocenters. The van der Waals surface area contributed by atoms with Gasteiger partial charge in [-0.2, -0.15) is 0 Å². The predicted octanol–water partition coefficient (Wildman–Crippen LogP) is 6.27. The molecule has 4 rings (SSSR count). The maximum Gasteiger partial charge on any atom is 0.343 e. The molecule has 4 aromatic carbocycles. The summed E-state index contributed by atoms with van der Waals surface area (Å²) in [5.41, 5.74) is 1.89. The summed E-state index contributed by atoms with van der Waals surface area (Å²) >= 11 is 0. The summed E-state index contributed by atoms with van der Waals surface area (Å²) in [7, 11) is -2.03. The lowest BCUT2D eigenvalue weighted by Crippen LogP contribution is -2.42. The zero-order chi connectivity index (χ0) is 38.4. The Kier molecular flexibility index (Phi) is 14.5. The molecule has 0 aliphatic heterocycles. The number of methoxy groups -OCH3 is 1. The van der Waals surface area contributed by atoms with E-state index in [0.29, 0.717) is 34.7 Å². The number of carbonyl (C=O) groups is 4. The van der Waals surface area contributed by atoms with Crippen LogP contribution in [0, 0.1) is 0 Å². The molecule has 0 aliphatic carbocycles. The second-order valence-corrected chi connectivity index (χ2v) is 14.5. The van der Waals surface area contributed by atoms with Crippen molar-refractivity contribution >= 4 is 39.3 Å². The summed E-state index contributed by atoms with van der Waals surface area (Å²) in [6.07, 6.45) is 6.58. The molecule has 0 saturated carbocycles. The molecular weight excluding hydrogens is 701 g/mol. The number of aliphatic carboxylic acids is 1. The van der Waals surface area contributed by atoms with Crippen molar-refractivity contribution < 1.29 is 46.9 Å². The van der Waals surface area contributed by atoms with E-state index >= 15 is 0 Å². The summed E-state index contributed by atoms with van der Waals surface area (Å²) in [6.45, 7) is 2.78. The zero-order valence-corrected chi connectivity index (χ0v) is 30.7. The minimum Gasteiger partial charge on any atom is -0.494 e. The highest BCUT2D eigenvalue weighted by atomic mass is 32.2. The van der Waals surface area contributed by atoms with Gasteiger partial charge in [0.1, 0.15) is 11.8 Å². The quantitative estimate of drug-likeness (QED) is 0.0564. The van der Waals surface area contributed by atoms with Crippen molar-refractivity contribution in [1.29, 1.82) is 0 Å². The van der Waals surface area contributed by atoms with E-state index < -0.39 is 39.6 Å². The molecule has 0 aromatic heterocycles. The van der Waals surface area contributed by atoms with Crippen LogP contribution in [0.1, 0.15) is 70.9 Å². The monoisotopic (exact) mass is 744 g/mol. The van der Waals surface area contributed by atoms with E-state index in [1.165, 1.54) is 74.9 Å². The number of hydrogen-bond donors (Lipinski definition) is 3. The van der Waals surface area contributed by atoms with Gasteiger partial charge in [0, 0.05) is 23.9 Å². The summed E-state index contributed by atoms with van der Waals surface area (Å²) < 4.78 is 40.4. The van der Waals surface area contributed by atoms with E-state index in [-0.39, 0.29) is 34.8 Å². The van der Waals surface area contributed by atoms with Crippen LogP contribution < -0.4 is 24.8 Å². The number of carboxylic acid groups (broad SMARTS) is 1. The van der Waals surface area contributed by atoms with Gasteiger partial charge in [-0.1, -0.05) is 50.8 Å². The van der Waals surface area contributed by atoms with E-state index in [4.69, 9.17) is 14.2 Å². The van der Waals surface area contributed by atoms with Crippen LogP contribution in [-0.4, -0.2) is 63.3 Å². The molecule has 4 aromatic rings. The Morgan fingerprint density at radius 1 is 0.792 bits per heavy atom. The van der Waals surface area contributed by atoms with Crippen LogP contribution in [-0.2, 0) is 32.3 Å². The third-order valence-electron chi connectivity index (χ3n) is 8.20. The van der Waals surface area contributed by atoms with Crippen LogP contribution in [0.25, 0.3) is 0 Å². The van der Waals surface area contributed by atoms with Crippen molar-refractivity contribution in [2.75, 3.05) is 25.3 Å². The molecule has 13 heteroatoms. The van der Waals surface area contributed by atoms with Crippen LogP contribution in [0.15, 0.2) is 95.9 Å². The molecule has 280 valence electrons. The lowest BCUT2D eigenvalue weighted by atomic mass is 10.0. The molecule has 0 aliphatic rings. The minimum atomic E-state index is -3.42. The first-order chi connectivity index (χ1) is 25.4. The third-order valence-corrected chi connectivity index (χ3v) is 9.31. The number of benzene rings is 4. The van der Waals surface area contributed by atoms with E-state index in [2.05, 4.69) is 17.6 Å². The average Bonchev–Trinajstić information content (AvgIpc) is 3.13. The lowest BCUT2D eigenvalue weighted by Gasteiger charge is -2.16. The third kappa shape index (κ3) is 12.5. The Bertz CT molecular complexity index is 1990. The molecule has 2 amide bonds. The Hall–Kier alpha value is -5.69. The number of ether oxygens (including phenoxy) is 3. The summed E-state index contributed by atoms with van der Waals surface area (Å²) in [5.74, 6) is -1.90. The van der Waals surface area contributed by atoms with Gasteiger partial charge < -0.3 is 30.0 Å². The number of hydrogen-bond acceptors (Lipinski definition) is 9. The highest BCUT2D eigenvalue weighted by molar-refractivity contribution is 7.90. The van der Waals surface area contributed by atoms with E-state index in [1.54, 1.807) is 42.5 Å². The van der Waals surface area contributed by atoms with Crippen molar-refractivity contribution in [2.45, 2.75) is 62.8 Å². The number of amides is 2. The number of carbonyl (C=O) groups excluding carboxylic acids is 3. The fourth-order valence-electron chi connectivity index (χ4n) is 5.32. The Morgan fingerprint density at radius 2 is 1.49 bits per heavy atom. The molecule has 0 saturated heterocycles. The van der Waals surface area contributed by atoms with Gasteiger partial charge in [-0.3, -0.25) is 9.59 Å². The lowest BCUT2D eigenvalue weighted by molar-refractivity contribution is -0.139. The fourth-order valence-corrected chi connectivity index (χ4v) is 6.02. The first kappa shape index (κ1) is 40.1. The number of carboxylic acids is 1. The van der Waals surface area contributed by atoms with Gasteiger partial charge in [0.15, 0.2) is 21.3 Å². The molecule has 53 heavy (non-hydrogen) atoms. The summed E-state index contributed by atoms with van der Waals surface area (Å²) in [5, 5.41) is 15.1. The number of unbranched alkanes of at least 4 members (excludes halogenated alkanes) is 4. The molecule has 0 bridgehead atoms. The van der Waals surface area contributed by atoms with Gasteiger partial charge in [-0.05, 0) is 90.3 Å². The number of anilines is 1. The molecule has 0 fully saturated rings. The highest BCUT2D eigenvalue weighted by Crippen LogP contribution is 2.30. The molecule has 0 radical (unpaired) electrons. The minimum absolute atomic E-state index is 0.0664. The standard InChI is InChI=1S/C40H44N2O10S/c1-4-5-6-7-8-22-51-32-19-15-30(16-20-32)40(47)52-35-21-12-28(25-36(35)50-2)24-34(39(45)46)42-38(44)29-13-17-31(18-14-29)41-37(43)26-27-10-9-11-33(23-27)53(3,48)49/h9-21,23,25,34H,4-8,22,24,26H2,1-3H3,(H,41,43)(H,42,44)(H,45,46). The van der Waals surface area contributed by atoms with Crippen molar-refractivity contribution in [3.8, 4) is 17.2 Å². The fraction of sp³-hybridized carbons (Fsp3) is 0.300. The molecular formula is C40H44N2O10S. The maximum absolute atomic E-state index is 13.0. The number of rotatable bonds is 19. The average molecular weight is 745 g/mol. The highest BCUT2D eigenvalue weighted by Gasteiger charge is 2.23. The summed E-state index contributed by atoms with van der Waals surface area (Å²) in [4.78, 5) is 50.7. The largest absolute Gasteiger partial charge is 0.494 e. The van der Waals surface area contributed by atoms with Crippen LogP contribution in [0.5, 0.6) is 17.2 Å². The van der Waals surface area contributed by atoms with Gasteiger partial charge in [0.2, 0.25) is 5.91 Å². The van der Waals surface area contributed by atoms with Gasteiger partial charge >= 0.3 is 11.9 Å². The molecule has 1 atom stereocenters. The van der Waals surface area contributed by atoms with Crippen LogP contribution in [0.3, 0.4) is 0 Å². The van der Waals surface area contributed by atoms with Crippen molar-refractivity contribution in [2.24, 2.45) is 0 Å². The van der Waals surface area contributed by atoms with E-state index in [9.17, 15) is 32.7 Å². The molecule has 3 N–H and O–H groups in total. The first-order valence-corrected chi connectivity index (χ1v) is 19.1. The zero-order valence-electron chi connectivity index (χ0n) is 29.9. The molecule has 0 heterocycles. The Balaban J connectivity index is 1.31. The SMILES string of the molecule is CCCCCCCOc1ccc(C(=O)Oc2ccc(CC(NC(=O)c3ccc(NC(=O)Cc4cccc(S(C)(=O)=O)c4)cc3)C(=O)O)cc2OC)cc1. The number of sulfone groups is 1. The van der Waals surface area contributed by atoms with Gasteiger partial charge in [0.25, 0.3) is 5.91 Å². The number of nitrogens with one attached hydrogen (secondary N) is 2. The van der Waals surface area contributed by atoms with Crippen LogP contribution in [0.4, 0.5) is 5.69 Å². The predicted molar refractivity (Wildman–Crippen MR) is 200 cm³/mol. The van der Waals surface area contributed by atoms with Crippen LogP contribution in [0.2, 0.25) is 0 Å².